The second-order valence-electron chi connectivity index (χ2n) is 9.77. The predicted octanol–water partition coefficient (Wildman–Crippen LogP) is 4.68. The molecule has 0 spiro atoms. The number of urea groups is 1. The number of pyridine rings is 1. The molecular formula is C30H38N4O4. The Morgan fingerprint density at radius 1 is 1.05 bits per heavy atom. The van der Waals surface area contributed by atoms with Gasteiger partial charge in [0.25, 0.3) is 0 Å². The zero-order valence-electron chi connectivity index (χ0n) is 22.3. The number of rotatable bonds is 10. The molecule has 202 valence electrons. The lowest BCUT2D eigenvalue weighted by Crippen LogP contribution is -2.44. The van der Waals surface area contributed by atoms with Crippen LogP contribution in [0.15, 0.2) is 72.9 Å². The fourth-order valence-electron chi connectivity index (χ4n) is 4.68. The molecule has 38 heavy (non-hydrogen) atoms. The molecule has 0 saturated carbocycles. The van der Waals surface area contributed by atoms with Crippen LogP contribution >= 0.6 is 0 Å². The number of nitrogens with zero attached hydrogens (tertiary/aromatic N) is 2. The molecule has 1 saturated heterocycles. The molecule has 4 rings (SSSR count). The summed E-state index contributed by atoms with van der Waals surface area (Å²) in [6.45, 7) is 6.17. The maximum absolute atomic E-state index is 12.1. The van der Waals surface area contributed by atoms with Gasteiger partial charge in [-0.1, -0.05) is 49.4 Å². The van der Waals surface area contributed by atoms with Crippen LogP contribution in [0.3, 0.4) is 0 Å². The molecule has 8 nitrogen and oxygen atoms in total. The number of nitrogens with one attached hydrogen (secondary N) is 2. The van der Waals surface area contributed by atoms with Crippen LogP contribution in [-0.2, 0) is 22.5 Å². The molecule has 0 aliphatic carbocycles. The summed E-state index contributed by atoms with van der Waals surface area (Å²) in [4.78, 5) is 18.8. The summed E-state index contributed by atoms with van der Waals surface area (Å²) in [7, 11) is 2.10. The predicted molar refractivity (Wildman–Crippen MR) is 148 cm³/mol. The van der Waals surface area contributed by atoms with Crippen LogP contribution < -0.4 is 10.6 Å². The van der Waals surface area contributed by atoms with E-state index in [9.17, 15) is 9.90 Å². The van der Waals surface area contributed by atoms with Gasteiger partial charge in [-0.15, -0.1) is 0 Å². The van der Waals surface area contributed by atoms with Gasteiger partial charge in [0.2, 0.25) is 0 Å². The number of ether oxygens (including phenoxy) is 2. The average Bonchev–Trinajstić information content (AvgIpc) is 2.94. The van der Waals surface area contributed by atoms with Crippen molar-refractivity contribution in [3.63, 3.8) is 0 Å². The summed E-state index contributed by atoms with van der Waals surface area (Å²) >= 11 is 0. The smallest absolute Gasteiger partial charge is 0.319 e. The van der Waals surface area contributed by atoms with Crippen LogP contribution in [0.4, 0.5) is 10.5 Å². The van der Waals surface area contributed by atoms with E-state index < -0.39 is 6.29 Å². The van der Waals surface area contributed by atoms with Gasteiger partial charge in [-0.05, 0) is 49.4 Å². The topological polar surface area (TPSA) is 96.0 Å². The van der Waals surface area contributed by atoms with E-state index in [-0.39, 0.29) is 30.8 Å². The minimum absolute atomic E-state index is 0.00217. The number of carbonyl (C=O) groups excluding carboxylic acids is 1. The zero-order chi connectivity index (χ0) is 26.9. The Balaban J connectivity index is 1.53. The Bertz CT molecular complexity index is 1160. The molecule has 8 heteroatoms. The number of benzene rings is 2. The Morgan fingerprint density at radius 3 is 2.58 bits per heavy atom. The summed E-state index contributed by atoms with van der Waals surface area (Å²) in [5.41, 5.74) is 4.48. The first-order chi connectivity index (χ1) is 18.5. The quantitative estimate of drug-likeness (QED) is 0.361. The highest BCUT2D eigenvalue weighted by atomic mass is 16.7. The van der Waals surface area contributed by atoms with Crippen molar-refractivity contribution in [1.82, 2.24) is 15.2 Å². The number of carbonyl (C=O) groups is 1. The lowest BCUT2D eigenvalue weighted by Gasteiger charge is -2.42. The largest absolute Gasteiger partial charge is 0.392 e. The van der Waals surface area contributed by atoms with Crippen LogP contribution in [0.2, 0.25) is 0 Å². The summed E-state index contributed by atoms with van der Waals surface area (Å²) in [5, 5.41) is 15.1. The number of hydrogen-bond acceptors (Lipinski definition) is 6. The summed E-state index contributed by atoms with van der Waals surface area (Å²) in [6.07, 6.45) is 1.79. The highest BCUT2D eigenvalue weighted by molar-refractivity contribution is 5.89. The minimum Gasteiger partial charge on any atom is -0.392 e. The van der Waals surface area contributed by atoms with E-state index in [1.807, 2.05) is 79.9 Å². The van der Waals surface area contributed by atoms with Gasteiger partial charge in [0.15, 0.2) is 6.29 Å². The first kappa shape index (κ1) is 27.7. The van der Waals surface area contributed by atoms with Gasteiger partial charge >= 0.3 is 6.03 Å². The molecule has 1 aliphatic heterocycles. The molecule has 3 aromatic rings. The van der Waals surface area contributed by atoms with Crippen molar-refractivity contribution in [3.05, 3.63) is 95.3 Å². The van der Waals surface area contributed by atoms with E-state index >= 15 is 0 Å². The lowest BCUT2D eigenvalue weighted by molar-refractivity contribution is -0.275. The first-order valence-electron chi connectivity index (χ1n) is 13.2. The molecule has 2 heterocycles. The second-order valence-corrected chi connectivity index (χ2v) is 9.77. The fraction of sp³-hybridized carbons (Fsp3) is 0.400. The molecule has 2 aromatic carbocycles. The number of aliphatic hydroxyl groups excluding tert-OH is 1. The maximum Gasteiger partial charge on any atom is 0.319 e. The van der Waals surface area contributed by atoms with Crippen LogP contribution in [0.25, 0.3) is 0 Å². The summed E-state index contributed by atoms with van der Waals surface area (Å²) in [5.74, 6) is 0.0835. The van der Waals surface area contributed by atoms with Gasteiger partial charge in [0.1, 0.15) is 0 Å². The van der Waals surface area contributed by atoms with E-state index in [2.05, 4.69) is 34.5 Å². The monoisotopic (exact) mass is 518 g/mol. The van der Waals surface area contributed by atoms with Crippen LogP contribution in [-0.4, -0.2) is 53.8 Å². The van der Waals surface area contributed by atoms with E-state index in [1.54, 1.807) is 0 Å². The average molecular weight is 519 g/mol. The van der Waals surface area contributed by atoms with Crippen molar-refractivity contribution in [3.8, 4) is 0 Å². The summed E-state index contributed by atoms with van der Waals surface area (Å²) in [6, 6.07) is 21.2. The molecule has 0 radical (unpaired) electrons. The molecule has 3 N–H and O–H groups in total. The Hall–Kier alpha value is -3.30. The Kier molecular flexibility index (Phi) is 9.84. The van der Waals surface area contributed by atoms with Gasteiger partial charge in [-0.2, -0.15) is 0 Å². The van der Waals surface area contributed by atoms with Crippen LogP contribution in [0, 0.1) is 5.92 Å². The normalized spacial score (nSPS) is 21.3. The minimum atomic E-state index is -0.598. The van der Waals surface area contributed by atoms with Crippen molar-refractivity contribution in [2.24, 2.45) is 5.92 Å². The van der Waals surface area contributed by atoms with E-state index in [0.717, 1.165) is 41.9 Å². The van der Waals surface area contributed by atoms with Gasteiger partial charge in [-0.3, -0.25) is 4.98 Å². The van der Waals surface area contributed by atoms with Gasteiger partial charge in [0, 0.05) is 55.1 Å². The lowest BCUT2D eigenvalue weighted by atomic mass is 9.90. The van der Waals surface area contributed by atoms with E-state index in [0.29, 0.717) is 12.2 Å². The highest BCUT2D eigenvalue weighted by Crippen LogP contribution is 2.42. The van der Waals surface area contributed by atoms with Crippen molar-refractivity contribution in [1.29, 1.82) is 0 Å². The standard InChI is InChI=1S/C30H38N4O4/c1-4-31-30(36)33-26-10-7-8-24(18-26)29-37-27(19-34(3)17-15-25-9-5-6-16-32-25)21(2)28(38-29)23-13-11-22(20-35)12-14-23/h5-14,16,18,21,27-29,35H,4,15,17,19-20H2,1-3H3,(H2,31,33,36)/t21-,27+,28+,29?/m0/s1. The maximum atomic E-state index is 12.1. The second kappa shape index (κ2) is 13.5. The first-order valence-corrected chi connectivity index (χ1v) is 13.2. The third-order valence-electron chi connectivity index (χ3n) is 6.84. The molecule has 1 aliphatic rings. The van der Waals surface area contributed by atoms with Crippen molar-refractivity contribution in [2.45, 2.75) is 45.4 Å². The number of aliphatic hydroxyl groups is 1. The van der Waals surface area contributed by atoms with Crippen molar-refractivity contribution < 1.29 is 19.4 Å². The molecule has 0 bridgehead atoms. The SMILES string of the molecule is CCNC(=O)Nc1cccc(C2O[C@H](CN(C)CCc3ccccn3)[C@H](C)[C@H](c3ccc(CO)cc3)O2)c1. The Morgan fingerprint density at radius 2 is 1.87 bits per heavy atom. The van der Waals surface area contributed by atoms with Crippen LogP contribution in [0.1, 0.15) is 48.6 Å². The summed E-state index contributed by atoms with van der Waals surface area (Å²) < 4.78 is 13.1. The fourth-order valence-corrected chi connectivity index (χ4v) is 4.68. The zero-order valence-corrected chi connectivity index (χ0v) is 22.3. The highest BCUT2D eigenvalue weighted by Gasteiger charge is 2.38. The third-order valence-corrected chi connectivity index (χ3v) is 6.84. The molecule has 1 fully saturated rings. The number of amides is 2. The van der Waals surface area contributed by atoms with Gasteiger partial charge in [0.05, 0.1) is 18.8 Å². The number of aromatic nitrogens is 1. The molecule has 4 atom stereocenters. The number of likely N-dealkylation sites (N-methyl/N-ethyl adjacent to an activating group) is 1. The van der Waals surface area contributed by atoms with Crippen molar-refractivity contribution >= 4 is 11.7 Å². The molecule has 2 amide bonds. The van der Waals surface area contributed by atoms with Crippen molar-refractivity contribution in [2.75, 3.05) is 32.0 Å². The van der Waals surface area contributed by atoms with Crippen LogP contribution in [0.5, 0.6) is 0 Å². The number of anilines is 1. The van der Waals surface area contributed by atoms with E-state index in [1.165, 1.54) is 0 Å². The number of hydrogen-bond donors (Lipinski definition) is 3. The molecule has 1 aromatic heterocycles. The van der Waals surface area contributed by atoms with E-state index in [4.69, 9.17) is 9.47 Å². The van der Waals surface area contributed by atoms with Gasteiger partial charge < -0.3 is 30.1 Å². The third kappa shape index (κ3) is 7.39. The molecule has 1 unspecified atom stereocenters. The van der Waals surface area contributed by atoms with Gasteiger partial charge in [-0.25, -0.2) is 4.79 Å². The molecular weight excluding hydrogens is 480 g/mol. The Labute approximate surface area is 225 Å².